The number of carbonyl (C=O) groups excluding carboxylic acids is 1. The Labute approximate surface area is 123 Å². The van der Waals surface area contributed by atoms with Crippen molar-refractivity contribution in [2.75, 3.05) is 38.3 Å². The average molecular weight is 301 g/mol. The lowest BCUT2D eigenvalue weighted by Crippen LogP contribution is -2.47. The van der Waals surface area contributed by atoms with E-state index in [1.165, 1.54) is 29.5 Å². The smallest absolute Gasteiger partial charge is 0.327 e. The maximum absolute atomic E-state index is 12.0. The van der Waals surface area contributed by atoms with E-state index in [-0.39, 0.29) is 6.03 Å². The zero-order valence-electron chi connectivity index (χ0n) is 11.9. The molecule has 0 spiro atoms. The van der Waals surface area contributed by atoms with Crippen molar-refractivity contribution in [3.8, 4) is 0 Å². The molecule has 1 unspecified atom stereocenters. The van der Waals surface area contributed by atoms with Crippen LogP contribution in [0.4, 0.5) is 4.79 Å². The Morgan fingerprint density at radius 3 is 2.70 bits per heavy atom. The molecule has 2 amide bonds. The summed E-state index contributed by atoms with van der Waals surface area (Å²) in [6.07, 6.45) is 3.35. The molecule has 0 saturated carbocycles. The molecule has 0 bridgehead atoms. The summed E-state index contributed by atoms with van der Waals surface area (Å²) in [5.74, 6) is 0.713. The van der Waals surface area contributed by atoms with Gasteiger partial charge in [-0.1, -0.05) is 0 Å². The highest BCUT2D eigenvalue weighted by Crippen LogP contribution is 2.21. The Kier molecular flexibility index (Phi) is 5.54. The molecule has 7 heteroatoms. The second kappa shape index (κ2) is 7.17. The SMILES string of the molecule is CN1CCC(CCNC(=O)N2CSCC2C(=O)O)CC1. The molecule has 0 aromatic heterocycles. The van der Waals surface area contributed by atoms with Gasteiger partial charge in [-0.05, 0) is 45.3 Å². The van der Waals surface area contributed by atoms with Crippen LogP contribution in [0.1, 0.15) is 19.3 Å². The molecule has 20 heavy (non-hydrogen) atoms. The van der Waals surface area contributed by atoms with Gasteiger partial charge >= 0.3 is 12.0 Å². The fourth-order valence-electron chi connectivity index (χ4n) is 2.68. The summed E-state index contributed by atoms with van der Waals surface area (Å²) in [6, 6.07) is -0.918. The van der Waals surface area contributed by atoms with E-state index in [1.54, 1.807) is 0 Å². The largest absolute Gasteiger partial charge is 0.480 e. The topological polar surface area (TPSA) is 72.9 Å². The summed E-state index contributed by atoms with van der Waals surface area (Å²) in [7, 11) is 2.13. The molecular formula is C13H23N3O3S. The number of hydrogen-bond acceptors (Lipinski definition) is 4. The van der Waals surface area contributed by atoms with Gasteiger partial charge in [0, 0.05) is 12.3 Å². The van der Waals surface area contributed by atoms with E-state index in [1.807, 2.05) is 0 Å². The Hall–Kier alpha value is -0.950. The minimum Gasteiger partial charge on any atom is -0.480 e. The minimum atomic E-state index is -0.916. The van der Waals surface area contributed by atoms with Gasteiger partial charge in [-0.25, -0.2) is 9.59 Å². The number of likely N-dealkylation sites (tertiary alicyclic amines) is 1. The number of piperidine rings is 1. The molecule has 114 valence electrons. The molecule has 0 aromatic rings. The van der Waals surface area contributed by atoms with E-state index in [4.69, 9.17) is 5.11 Å². The van der Waals surface area contributed by atoms with Gasteiger partial charge in [-0.3, -0.25) is 0 Å². The normalized spacial score (nSPS) is 24.9. The number of carboxylic acid groups (broad SMARTS) is 1. The van der Waals surface area contributed by atoms with Gasteiger partial charge in [0.05, 0.1) is 5.88 Å². The van der Waals surface area contributed by atoms with Gasteiger partial charge in [0.25, 0.3) is 0 Å². The Bertz CT molecular complexity index is 359. The molecule has 0 aromatic carbocycles. The van der Waals surface area contributed by atoms with Crippen LogP contribution < -0.4 is 5.32 Å². The maximum Gasteiger partial charge on any atom is 0.327 e. The summed E-state index contributed by atoms with van der Waals surface area (Å²) in [5.41, 5.74) is 0. The fourth-order valence-corrected chi connectivity index (χ4v) is 3.83. The third-order valence-electron chi connectivity index (χ3n) is 4.10. The van der Waals surface area contributed by atoms with E-state index in [2.05, 4.69) is 17.3 Å². The zero-order chi connectivity index (χ0) is 14.5. The number of nitrogens with zero attached hydrogens (tertiary/aromatic N) is 2. The predicted molar refractivity (Wildman–Crippen MR) is 78.8 cm³/mol. The molecule has 2 fully saturated rings. The Balaban J connectivity index is 1.68. The van der Waals surface area contributed by atoms with Crippen molar-refractivity contribution in [1.29, 1.82) is 0 Å². The standard InChI is InChI=1S/C13H23N3O3S/c1-15-6-3-10(4-7-15)2-5-14-13(19)16-9-20-8-11(16)12(17)18/h10-11H,2-9H2,1H3,(H,14,19)(H,17,18). The third kappa shape index (κ3) is 4.02. The number of nitrogens with one attached hydrogen (secondary N) is 1. The first kappa shape index (κ1) is 15.4. The highest BCUT2D eigenvalue weighted by molar-refractivity contribution is 7.99. The van der Waals surface area contributed by atoms with E-state index in [0.29, 0.717) is 24.1 Å². The molecule has 0 radical (unpaired) electrons. The number of thioether (sulfide) groups is 1. The fraction of sp³-hybridized carbons (Fsp3) is 0.846. The van der Waals surface area contributed by atoms with Crippen molar-refractivity contribution in [3.05, 3.63) is 0 Å². The van der Waals surface area contributed by atoms with E-state index in [0.717, 1.165) is 19.5 Å². The lowest BCUT2D eigenvalue weighted by molar-refractivity contribution is -0.140. The van der Waals surface area contributed by atoms with Gasteiger partial charge in [0.15, 0.2) is 0 Å². The molecule has 6 nitrogen and oxygen atoms in total. The minimum absolute atomic E-state index is 0.240. The third-order valence-corrected chi connectivity index (χ3v) is 5.11. The molecule has 2 heterocycles. The summed E-state index contributed by atoms with van der Waals surface area (Å²) in [6.45, 7) is 2.89. The van der Waals surface area contributed by atoms with Crippen molar-refractivity contribution < 1.29 is 14.7 Å². The van der Waals surface area contributed by atoms with E-state index < -0.39 is 12.0 Å². The van der Waals surface area contributed by atoms with Gasteiger partial charge in [0.1, 0.15) is 6.04 Å². The number of carbonyl (C=O) groups is 2. The van der Waals surface area contributed by atoms with E-state index in [9.17, 15) is 9.59 Å². The second-order valence-electron chi connectivity index (χ2n) is 5.59. The highest BCUT2D eigenvalue weighted by atomic mass is 32.2. The van der Waals surface area contributed by atoms with Crippen LogP contribution in [0.2, 0.25) is 0 Å². The zero-order valence-corrected chi connectivity index (χ0v) is 12.7. The molecule has 2 saturated heterocycles. The molecule has 2 aliphatic rings. The molecular weight excluding hydrogens is 278 g/mol. The summed E-state index contributed by atoms with van der Waals surface area (Å²) in [4.78, 5) is 26.8. The number of carboxylic acids is 1. The van der Waals surface area contributed by atoms with Crippen LogP contribution in [0.3, 0.4) is 0 Å². The predicted octanol–water partition coefficient (Wildman–Crippen LogP) is 0.887. The number of rotatable bonds is 4. The highest BCUT2D eigenvalue weighted by Gasteiger charge is 2.34. The van der Waals surface area contributed by atoms with Crippen molar-refractivity contribution in [2.45, 2.75) is 25.3 Å². The van der Waals surface area contributed by atoms with Crippen LogP contribution in [-0.2, 0) is 4.79 Å². The molecule has 2 aliphatic heterocycles. The molecule has 2 N–H and O–H groups in total. The quantitative estimate of drug-likeness (QED) is 0.807. The van der Waals surface area contributed by atoms with Crippen LogP contribution in [0.25, 0.3) is 0 Å². The van der Waals surface area contributed by atoms with Crippen molar-refractivity contribution in [3.63, 3.8) is 0 Å². The van der Waals surface area contributed by atoms with Crippen molar-refractivity contribution in [1.82, 2.24) is 15.1 Å². The Morgan fingerprint density at radius 2 is 2.05 bits per heavy atom. The van der Waals surface area contributed by atoms with Crippen LogP contribution >= 0.6 is 11.8 Å². The van der Waals surface area contributed by atoms with E-state index >= 15 is 0 Å². The van der Waals surface area contributed by atoms with Crippen molar-refractivity contribution >= 4 is 23.8 Å². The maximum atomic E-state index is 12.0. The summed E-state index contributed by atoms with van der Waals surface area (Å²) < 4.78 is 0. The average Bonchev–Trinajstić information content (AvgIpc) is 2.90. The van der Waals surface area contributed by atoms with Gasteiger partial charge in [-0.15, -0.1) is 11.8 Å². The second-order valence-corrected chi connectivity index (χ2v) is 6.59. The first-order valence-corrected chi connectivity index (χ1v) is 8.27. The number of amides is 2. The van der Waals surface area contributed by atoms with Crippen LogP contribution in [0.5, 0.6) is 0 Å². The first-order valence-electron chi connectivity index (χ1n) is 7.11. The lowest BCUT2D eigenvalue weighted by atomic mass is 9.94. The number of aliphatic carboxylic acids is 1. The molecule has 2 rings (SSSR count). The Morgan fingerprint density at radius 1 is 1.35 bits per heavy atom. The number of urea groups is 1. The summed E-state index contributed by atoms with van der Waals surface area (Å²) >= 11 is 1.49. The first-order chi connectivity index (χ1) is 9.58. The molecule has 1 atom stereocenters. The van der Waals surface area contributed by atoms with Gasteiger partial charge in [-0.2, -0.15) is 0 Å². The summed E-state index contributed by atoms with van der Waals surface area (Å²) in [5, 5.41) is 11.9. The monoisotopic (exact) mass is 301 g/mol. The molecule has 0 aliphatic carbocycles. The van der Waals surface area contributed by atoms with Crippen LogP contribution in [0.15, 0.2) is 0 Å². The van der Waals surface area contributed by atoms with Crippen LogP contribution in [0, 0.1) is 5.92 Å². The lowest BCUT2D eigenvalue weighted by Gasteiger charge is -2.29. The van der Waals surface area contributed by atoms with Crippen LogP contribution in [-0.4, -0.2) is 71.3 Å². The van der Waals surface area contributed by atoms with Gasteiger partial charge in [0.2, 0.25) is 0 Å². The number of hydrogen-bond donors (Lipinski definition) is 2. The van der Waals surface area contributed by atoms with Gasteiger partial charge < -0.3 is 20.2 Å². The van der Waals surface area contributed by atoms with Crippen molar-refractivity contribution in [2.24, 2.45) is 5.92 Å².